The molecule has 0 aromatic heterocycles. The smallest absolute Gasteiger partial charge is 0.481 e. The van der Waals surface area contributed by atoms with Crippen molar-refractivity contribution in [2.24, 2.45) is 0 Å². The van der Waals surface area contributed by atoms with E-state index in [2.05, 4.69) is 9.26 Å². The Kier molecular flexibility index (Phi) is 14.4. The molecule has 0 radical (unpaired) electrons. The summed E-state index contributed by atoms with van der Waals surface area (Å²) in [4.78, 5) is 114. The van der Waals surface area contributed by atoms with E-state index in [0.717, 1.165) is 0 Å². The lowest BCUT2D eigenvalue weighted by atomic mass is 9.93. The molecule has 0 fully saturated rings. The number of hydrogen-bond acceptors (Lipinski definition) is 14. The second kappa shape index (κ2) is 15.3. The van der Waals surface area contributed by atoms with Gasteiger partial charge in [-0.25, -0.2) is 18.9 Å². The first kappa shape index (κ1) is 39.4. The molecular formula is C18H23O23P. The van der Waals surface area contributed by atoms with E-state index in [1.807, 2.05) is 0 Å². The number of hydrogen-bond donors (Lipinski definition) is 11. The van der Waals surface area contributed by atoms with Crippen LogP contribution in [0.1, 0.15) is 38.5 Å². The highest BCUT2D eigenvalue weighted by Crippen LogP contribution is 2.37. The van der Waals surface area contributed by atoms with Gasteiger partial charge >= 0.3 is 61.5 Å². The molecule has 0 saturated heterocycles. The number of phosphoric acid groups is 1. The maximum absolute atomic E-state index is 11.7. The maximum Gasteiger partial charge on any atom is 0.526 e. The average Bonchev–Trinajstić information content (AvgIpc) is 2.69. The molecule has 42 heavy (non-hydrogen) atoms. The first-order chi connectivity index (χ1) is 18.7. The number of esters is 1. The van der Waals surface area contributed by atoms with Crippen LogP contribution in [-0.4, -0.2) is 126 Å². The van der Waals surface area contributed by atoms with Crippen molar-refractivity contribution in [3.8, 4) is 0 Å². The van der Waals surface area contributed by atoms with Crippen LogP contribution in [0.4, 0.5) is 0 Å². The van der Waals surface area contributed by atoms with Crippen LogP contribution >= 0.6 is 7.82 Å². The van der Waals surface area contributed by atoms with Crippen LogP contribution in [0.15, 0.2) is 0 Å². The molecule has 0 amide bonds. The van der Waals surface area contributed by atoms with Gasteiger partial charge in [0.2, 0.25) is 5.60 Å². The summed E-state index contributed by atoms with van der Waals surface area (Å²) in [7, 11) is -5.17. The standard InChI is InChI=1S/C12H14O13.C6H9O10P/c13-5(14)1-11(24,9(20)21)4-8(19)25-12(10(22)23,2-6(15)16)3-7(17)18;7-3(8)1-6(12,5(10)11)2-4(9)16-17(13,14)15/h24H,1-4H2,(H,13,14)(H,15,16)(H,17,18)(H,20,21)(H,22,23);12H,1-2H2,(H,7,8)(H,10,11)(H2,13,14,15). The lowest BCUT2D eigenvalue weighted by Gasteiger charge is -2.28. The molecule has 0 heterocycles. The van der Waals surface area contributed by atoms with Gasteiger partial charge in [-0.3, -0.25) is 38.6 Å². The molecule has 0 rings (SSSR count). The van der Waals surface area contributed by atoms with E-state index < -0.39 is 117 Å². The summed E-state index contributed by atoms with van der Waals surface area (Å²) in [6, 6.07) is 0. The van der Waals surface area contributed by atoms with Crippen molar-refractivity contribution in [1.82, 2.24) is 0 Å². The van der Waals surface area contributed by atoms with Gasteiger partial charge in [0.05, 0.1) is 38.5 Å². The first-order valence-electron chi connectivity index (χ1n) is 10.2. The average molecular weight is 638 g/mol. The third kappa shape index (κ3) is 14.6. The Labute approximate surface area is 230 Å². The zero-order valence-corrected chi connectivity index (χ0v) is 21.4. The second-order valence-corrected chi connectivity index (χ2v) is 9.20. The molecule has 238 valence electrons. The van der Waals surface area contributed by atoms with Crippen molar-refractivity contribution < 1.29 is 113 Å². The van der Waals surface area contributed by atoms with Crippen LogP contribution in [0.5, 0.6) is 0 Å². The van der Waals surface area contributed by atoms with Crippen LogP contribution in [0, 0.1) is 0 Å². The molecule has 2 unspecified atom stereocenters. The van der Waals surface area contributed by atoms with Crippen LogP contribution in [0.25, 0.3) is 0 Å². The van der Waals surface area contributed by atoms with Crippen molar-refractivity contribution >= 4 is 61.5 Å². The molecule has 0 aliphatic heterocycles. The largest absolute Gasteiger partial charge is 0.526 e. The van der Waals surface area contributed by atoms with Gasteiger partial charge in [0.1, 0.15) is 0 Å². The van der Waals surface area contributed by atoms with Gasteiger partial charge in [0.25, 0.3) is 0 Å². The number of ether oxygens (including phenoxy) is 1. The highest BCUT2D eigenvalue weighted by molar-refractivity contribution is 7.46. The zero-order chi connectivity index (χ0) is 33.9. The van der Waals surface area contributed by atoms with Gasteiger partial charge in [-0.2, -0.15) is 0 Å². The van der Waals surface area contributed by atoms with Crippen LogP contribution < -0.4 is 0 Å². The van der Waals surface area contributed by atoms with E-state index in [0.29, 0.717) is 0 Å². The van der Waals surface area contributed by atoms with Crippen LogP contribution in [-0.2, 0) is 57.0 Å². The number of carbonyl (C=O) groups excluding carboxylic acids is 2. The molecule has 0 spiro atoms. The SMILES string of the molecule is O=C(O)CC(O)(CC(=O)OC(CC(=O)O)(CC(=O)O)C(=O)O)C(=O)O.O=C(O)CC(O)(CC(=O)OP(=O)(O)O)C(=O)O. The van der Waals surface area contributed by atoms with E-state index in [9.17, 15) is 57.9 Å². The Bertz CT molecular complexity index is 1150. The fourth-order valence-corrected chi connectivity index (χ4v) is 2.97. The number of carboxylic acids is 7. The monoisotopic (exact) mass is 638 g/mol. The zero-order valence-electron chi connectivity index (χ0n) is 20.5. The molecule has 11 N–H and O–H groups in total. The number of carboxylic acid groups (broad SMARTS) is 7. The quantitative estimate of drug-likeness (QED) is 0.0539. The summed E-state index contributed by atoms with van der Waals surface area (Å²) in [5.41, 5.74) is -9.23. The highest BCUT2D eigenvalue weighted by atomic mass is 31.2. The van der Waals surface area contributed by atoms with Crippen LogP contribution in [0.3, 0.4) is 0 Å². The predicted octanol–water partition coefficient (Wildman–Crippen LogP) is -3.71. The van der Waals surface area contributed by atoms with Crippen molar-refractivity contribution in [1.29, 1.82) is 0 Å². The van der Waals surface area contributed by atoms with E-state index in [1.165, 1.54) is 0 Å². The Morgan fingerprint density at radius 3 is 1.05 bits per heavy atom. The first-order valence-corrected chi connectivity index (χ1v) is 11.8. The number of phosphoric ester groups is 1. The molecule has 24 heteroatoms. The third-order valence-corrected chi connectivity index (χ3v) is 4.79. The lowest BCUT2D eigenvalue weighted by molar-refractivity contribution is -0.191. The Hall–Kier alpha value is -4.70. The fraction of sp³-hybridized carbons (Fsp3) is 0.500. The molecule has 0 aliphatic carbocycles. The minimum absolute atomic E-state index is 1.32. The van der Waals surface area contributed by atoms with Gasteiger partial charge in [0, 0.05) is 0 Å². The predicted molar refractivity (Wildman–Crippen MR) is 118 cm³/mol. The number of carbonyl (C=O) groups is 9. The van der Waals surface area contributed by atoms with Gasteiger partial charge < -0.3 is 55.2 Å². The van der Waals surface area contributed by atoms with E-state index in [-0.39, 0.29) is 0 Å². The second-order valence-electron chi connectivity index (χ2n) is 8.04. The number of rotatable bonds is 17. The van der Waals surface area contributed by atoms with Gasteiger partial charge in [-0.05, 0) is 0 Å². The molecule has 0 aliphatic rings. The van der Waals surface area contributed by atoms with Crippen molar-refractivity contribution in [2.45, 2.75) is 55.3 Å². The summed E-state index contributed by atoms with van der Waals surface area (Å²) in [5.74, 6) is -17.0. The van der Waals surface area contributed by atoms with Gasteiger partial charge in [0.15, 0.2) is 11.2 Å². The van der Waals surface area contributed by atoms with Crippen molar-refractivity contribution in [3.05, 3.63) is 0 Å². The number of aliphatic carboxylic acids is 7. The molecule has 23 nitrogen and oxygen atoms in total. The minimum Gasteiger partial charge on any atom is -0.481 e. The summed E-state index contributed by atoms with van der Waals surface area (Å²) in [6.07, 6.45) is -8.66. The molecule has 0 saturated carbocycles. The molecule has 0 aromatic rings. The molecule has 0 bridgehead atoms. The van der Waals surface area contributed by atoms with E-state index in [4.69, 9.17) is 45.5 Å². The highest BCUT2D eigenvalue weighted by Gasteiger charge is 2.49. The third-order valence-electron chi connectivity index (χ3n) is 4.35. The van der Waals surface area contributed by atoms with E-state index >= 15 is 0 Å². The van der Waals surface area contributed by atoms with E-state index in [1.54, 1.807) is 0 Å². The summed E-state index contributed by atoms with van der Waals surface area (Å²) < 4.78 is 18.0. The molecular weight excluding hydrogens is 615 g/mol. The fourth-order valence-electron chi connectivity index (χ4n) is 2.64. The maximum atomic E-state index is 11.7. The Morgan fingerprint density at radius 1 is 0.500 bits per heavy atom. The number of aliphatic hydroxyl groups is 2. The topological polar surface area (TPSA) is 412 Å². The molecule has 2 atom stereocenters. The van der Waals surface area contributed by atoms with Crippen molar-refractivity contribution in [2.75, 3.05) is 0 Å². The molecule has 0 aromatic carbocycles. The van der Waals surface area contributed by atoms with Crippen LogP contribution in [0.2, 0.25) is 0 Å². The van der Waals surface area contributed by atoms with Crippen molar-refractivity contribution in [3.63, 3.8) is 0 Å². The minimum atomic E-state index is -5.17. The summed E-state index contributed by atoms with van der Waals surface area (Å²) in [6.45, 7) is 0. The van der Waals surface area contributed by atoms with Gasteiger partial charge in [-0.1, -0.05) is 0 Å². The normalized spacial score (nSPS) is 13.9. The Morgan fingerprint density at radius 2 is 0.810 bits per heavy atom. The summed E-state index contributed by atoms with van der Waals surface area (Å²) in [5, 5.41) is 79.6. The summed E-state index contributed by atoms with van der Waals surface area (Å²) >= 11 is 0. The van der Waals surface area contributed by atoms with Gasteiger partial charge in [-0.15, -0.1) is 0 Å². The lowest BCUT2D eigenvalue weighted by Crippen LogP contribution is -2.49. The Balaban J connectivity index is 0.